The van der Waals surface area contributed by atoms with Gasteiger partial charge in [0.25, 0.3) is 11.8 Å². The third-order valence-electron chi connectivity index (χ3n) is 5.18. The highest BCUT2D eigenvalue weighted by molar-refractivity contribution is 7.89. The molecule has 8 heteroatoms. The van der Waals surface area contributed by atoms with Gasteiger partial charge >= 0.3 is 0 Å². The Bertz CT molecular complexity index is 1200. The van der Waals surface area contributed by atoms with Gasteiger partial charge in [-0.2, -0.15) is 0 Å². The first-order chi connectivity index (χ1) is 14.8. The SMILES string of the molecule is Cc1ccc(CNS(=O)(=O)c2ccc(CCN3C(=O)c4cccnc4C3=O)cc2)cc1. The first kappa shape index (κ1) is 20.9. The minimum absolute atomic E-state index is 0.160. The number of hydrogen-bond acceptors (Lipinski definition) is 5. The van der Waals surface area contributed by atoms with Crippen molar-refractivity contribution in [3.63, 3.8) is 0 Å². The van der Waals surface area contributed by atoms with E-state index >= 15 is 0 Å². The molecule has 0 radical (unpaired) electrons. The highest BCUT2D eigenvalue weighted by Crippen LogP contribution is 2.21. The molecule has 1 aromatic heterocycles. The van der Waals surface area contributed by atoms with Crippen molar-refractivity contribution in [3.8, 4) is 0 Å². The summed E-state index contributed by atoms with van der Waals surface area (Å²) in [5.41, 5.74) is 3.30. The smallest absolute Gasteiger partial charge is 0.273 e. The van der Waals surface area contributed by atoms with Crippen LogP contribution in [-0.2, 0) is 23.0 Å². The monoisotopic (exact) mass is 435 g/mol. The van der Waals surface area contributed by atoms with E-state index in [1.165, 1.54) is 23.2 Å². The van der Waals surface area contributed by atoms with E-state index in [0.717, 1.165) is 16.7 Å². The normalized spacial score (nSPS) is 13.5. The molecule has 0 fully saturated rings. The number of benzene rings is 2. The maximum Gasteiger partial charge on any atom is 0.280 e. The number of carbonyl (C=O) groups is 2. The molecule has 0 saturated carbocycles. The van der Waals surface area contributed by atoms with E-state index in [0.29, 0.717) is 12.0 Å². The van der Waals surface area contributed by atoms with Crippen molar-refractivity contribution in [1.82, 2.24) is 14.6 Å². The van der Waals surface area contributed by atoms with Crippen LogP contribution < -0.4 is 4.72 Å². The number of rotatable bonds is 7. The minimum atomic E-state index is -3.65. The number of fused-ring (bicyclic) bond motifs is 1. The zero-order valence-electron chi connectivity index (χ0n) is 16.9. The molecule has 0 aliphatic carbocycles. The van der Waals surface area contributed by atoms with Crippen LogP contribution in [0.4, 0.5) is 0 Å². The number of sulfonamides is 1. The van der Waals surface area contributed by atoms with Gasteiger partial charge in [-0.3, -0.25) is 19.5 Å². The van der Waals surface area contributed by atoms with Crippen molar-refractivity contribution in [2.45, 2.75) is 24.8 Å². The van der Waals surface area contributed by atoms with Gasteiger partial charge < -0.3 is 0 Å². The first-order valence-corrected chi connectivity index (χ1v) is 11.3. The molecule has 31 heavy (non-hydrogen) atoms. The van der Waals surface area contributed by atoms with Crippen LogP contribution in [-0.4, -0.2) is 36.7 Å². The predicted octanol–water partition coefficient (Wildman–Crippen LogP) is 2.71. The van der Waals surface area contributed by atoms with Gasteiger partial charge in [-0.25, -0.2) is 13.1 Å². The Morgan fingerprint density at radius 3 is 2.26 bits per heavy atom. The Hall–Kier alpha value is -3.36. The van der Waals surface area contributed by atoms with E-state index in [2.05, 4.69) is 9.71 Å². The average Bonchev–Trinajstić information content (AvgIpc) is 3.02. The van der Waals surface area contributed by atoms with Crippen molar-refractivity contribution in [2.24, 2.45) is 0 Å². The summed E-state index contributed by atoms with van der Waals surface area (Å²) in [5.74, 6) is -0.757. The molecule has 2 heterocycles. The summed E-state index contributed by atoms with van der Waals surface area (Å²) in [5, 5.41) is 0. The van der Waals surface area contributed by atoms with Gasteiger partial charge in [-0.1, -0.05) is 42.0 Å². The first-order valence-electron chi connectivity index (χ1n) is 9.80. The summed E-state index contributed by atoms with van der Waals surface area (Å²) in [7, 11) is -3.65. The maximum absolute atomic E-state index is 12.5. The molecule has 0 atom stereocenters. The largest absolute Gasteiger partial charge is 0.280 e. The molecular formula is C23H21N3O4S. The Morgan fingerprint density at radius 1 is 0.903 bits per heavy atom. The second-order valence-electron chi connectivity index (χ2n) is 7.37. The number of hydrogen-bond donors (Lipinski definition) is 1. The molecule has 1 aliphatic heterocycles. The van der Waals surface area contributed by atoms with E-state index < -0.39 is 15.9 Å². The number of aromatic nitrogens is 1. The minimum Gasteiger partial charge on any atom is -0.273 e. The third-order valence-corrected chi connectivity index (χ3v) is 6.59. The molecule has 158 valence electrons. The Kier molecular flexibility index (Phi) is 5.67. The van der Waals surface area contributed by atoms with Crippen molar-refractivity contribution in [2.75, 3.05) is 6.54 Å². The molecule has 1 aliphatic rings. The Morgan fingerprint density at radius 2 is 1.58 bits per heavy atom. The van der Waals surface area contributed by atoms with E-state index in [-0.39, 0.29) is 29.6 Å². The zero-order valence-corrected chi connectivity index (χ0v) is 17.7. The van der Waals surface area contributed by atoms with Crippen molar-refractivity contribution in [3.05, 3.63) is 94.8 Å². The average molecular weight is 436 g/mol. The third kappa shape index (κ3) is 4.40. The molecule has 0 bridgehead atoms. The van der Waals surface area contributed by atoms with Gasteiger partial charge in [0, 0.05) is 19.3 Å². The summed E-state index contributed by atoms with van der Waals surface area (Å²) in [6.45, 7) is 2.38. The van der Waals surface area contributed by atoms with Crippen LogP contribution in [0.5, 0.6) is 0 Å². The second kappa shape index (κ2) is 8.41. The van der Waals surface area contributed by atoms with Gasteiger partial charge in [0.15, 0.2) is 0 Å². The lowest BCUT2D eigenvalue weighted by Gasteiger charge is -2.13. The molecule has 4 rings (SSSR count). The molecule has 0 unspecified atom stereocenters. The predicted molar refractivity (Wildman–Crippen MR) is 115 cm³/mol. The van der Waals surface area contributed by atoms with E-state index in [4.69, 9.17) is 0 Å². The van der Waals surface area contributed by atoms with Crippen LogP contribution in [0.2, 0.25) is 0 Å². The van der Waals surface area contributed by atoms with Crippen LogP contribution in [0, 0.1) is 6.92 Å². The highest BCUT2D eigenvalue weighted by atomic mass is 32.2. The molecule has 7 nitrogen and oxygen atoms in total. The number of pyridine rings is 1. The standard InChI is InChI=1S/C23H21N3O4S/c1-16-4-6-18(7-5-16)15-25-31(29,30)19-10-8-17(9-11-19)12-14-26-22(27)20-3-2-13-24-21(20)23(26)28/h2-11,13,25H,12,14-15H2,1H3. The van der Waals surface area contributed by atoms with E-state index in [9.17, 15) is 18.0 Å². The van der Waals surface area contributed by atoms with E-state index in [1.54, 1.807) is 24.3 Å². The molecule has 0 saturated heterocycles. The zero-order chi connectivity index (χ0) is 22.0. The molecule has 1 N–H and O–H groups in total. The fourth-order valence-corrected chi connectivity index (χ4v) is 4.38. The van der Waals surface area contributed by atoms with Crippen LogP contribution in [0.25, 0.3) is 0 Å². The number of nitrogens with one attached hydrogen (secondary N) is 1. The lowest BCUT2D eigenvalue weighted by atomic mass is 10.1. The van der Waals surface area contributed by atoms with Gasteiger partial charge in [0.1, 0.15) is 5.69 Å². The highest BCUT2D eigenvalue weighted by Gasteiger charge is 2.36. The van der Waals surface area contributed by atoms with E-state index in [1.807, 2.05) is 31.2 Å². The van der Waals surface area contributed by atoms with Crippen LogP contribution in [0.15, 0.2) is 71.8 Å². The van der Waals surface area contributed by atoms with Crippen LogP contribution in [0.3, 0.4) is 0 Å². The fourth-order valence-electron chi connectivity index (χ4n) is 3.36. The van der Waals surface area contributed by atoms with Gasteiger partial charge in [-0.05, 0) is 48.7 Å². The Balaban J connectivity index is 1.37. The number of aryl methyl sites for hydroxylation is 1. The van der Waals surface area contributed by atoms with Crippen LogP contribution >= 0.6 is 0 Å². The van der Waals surface area contributed by atoms with Crippen LogP contribution in [0.1, 0.15) is 37.5 Å². The van der Waals surface area contributed by atoms with Crippen molar-refractivity contribution in [1.29, 1.82) is 0 Å². The maximum atomic E-state index is 12.5. The summed E-state index contributed by atoms with van der Waals surface area (Å²) in [4.78, 5) is 30.1. The summed E-state index contributed by atoms with van der Waals surface area (Å²) in [6, 6.07) is 17.3. The lowest BCUT2D eigenvalue weighted by Crippen LogP contribution is -2.31. The number of carbonyl (C=O) groups excluding carboxylic acids is 2. The summed E-state index contributed by atoms with van der Waals surface area (Å²) < 4.78 is 27.7. The fraction of sp³-hybridized carbons (Fsp3) is 0.174. The topological polar surface area (TPSA) is 96.4 Å². The second-order valence-corrected chi connectivity index (χ2v) is 9.13. The number of amides is 2. The van der Waals surface area contributed by atoms with Crippen molar-refractivity contribution < 1.29 is 18.0 Å². The molecule has 2 amide bonds. The lowest BCUT2D eigenvalue weighted by molar-refractivity contribution is 0.0654. The summed E-state index contributed by atoms with van der Waals surface area (Å²) in [6.07, 6.45) is 1.90. The van der Waals surface area contributed by atoms with Gasteiger partial charge in [-0.15, -0.1) is 0 Å². The number of imide groups is 1. The molecule has 0 spiro atoms. The van der Waals surface area contributed by atoms with Crippen molar-refractivity contribution >= 4 is 21.8 Å². The van der Waals surface area contributed by atoms with Gasteiger partial charge in [0.05, 0.1) is 10.5 Å². The quantitative estimate of drug-likeness (QED) is 0.576. The van der Waals surface area contributed by atoms with Gasteiger partial charge in [0.2, 0.25) is 10.0 Å². The molecule has 2 aromatic carbocycles. The molecular weight excluding hydrogens is 414 g/mol. The number of nitrogens with zero attached hydrogens (tertiary/aromatic N) is 2. The Labute approximate surface area is 180 Å². The summed E-state index contributed by atoms with van der Waals surface area (Å²) >= 11 is 0. The molecule has 3 aromatic rings.